The molecular formula is C13H19N3OS. The number of likely N-dealkylation sites (tertiary alicyclic amines) is 1. The Morgan fingerprint density at radius 2 is 2.11 bits per heavy atom. The monoisotopic (exact) mass is 265 g/mol. The molecule has 2 aliphatic heterocycles. The van der Waals surface area contributed by atoms with Crippen molar-refractivity contribution in [3.63, 3.8) is 0 Å². The molecule has 0 saturated carbocycles. The van der Waals surface area contributed by atoms with Crippen molar-refractivity contribution in [2.75, 3.05) is 31.1 Å². The van der Waals surface area contributed by atoms with Crippen LogP contribution in [0.1, 0.15) is 35.4 Å². The van der Waals surface area contributed by atoms with Gasteiger partial charge in [-0.15, -0.1) is 0 Å². The van der Waals surface area contributed by atoms with Crippen LogP contribution in [0.4, 0.5) is 5.13 Å². The van der Waals surface area contributed by atoms with E-state index < -0.39 is 0 Å². The number of aldehydes is 1. The maximum Gasteiger partial charge on any atom is 0.185 e. The van der Waals surface area contributed by atoms with Gasteiger partial charge in [0.25, 0.3) is 0 Å². The van der Waals surface area contributed by atoms with Gasteiger partial charge in [0.15, 0.2) is 11.4 Å². The van der Waals surface area contributed by atoms with E-state index in [0.29, 0.717) is 6.04 Å². The van der Waals surface area contributed by atoms with Gasteiger partial charge in [-0.3, -0.25) is 9.69 Å². The van der Waals surface area contributed by atoms with E-state index in [0.717, 1.165) is 29.4 Å². The second-order valence-corrected chi connectivity index (χ2v) is 6.19. The molecule has 18 heavy (non-hydrogen) atoms. The Morgan fingerprint density at radius 3 is 2.83 bits per heavy atom. The van der Waals surface area contributed by atoms with Crippen LogP contribution in [0.2, 0.25) is 0 Å². The van der Waals surface area contributed by atoms with Gasteiger partial charge in [-0.05, 0) is 32.4 Å². The van der Waals surface area contributed by atoms with E-state index in [9.17, 15) is 4.79 Å². The van der Waals surface area contributed by atoms with Gasteiger partial charge in [0.2, 0.25) is 0 Å². The molecule has 0 amide bonds. The molecule has 2 aliphatic rings. The Balaban J connectivity index is 1.62. The largest absolute Gasteiger partial charge is 0.346 e. The predicted octanol–water partition coefficient (Wildman–Crippen LogP) is 2.02. The van der Waals surface area contributed by atoms with Crippen LogP contribution in [0, 0.1) is 0 Å². The Bertz CT molecular complexity index is 414. The van der Waals surface area contributed by atoms with E-state index in [2.05, 4.69) is 14.8 Å². The molecule has 3 rings (SSSR count). The molecule has 0 bridgehead atoms. The maximum absolute atomic E-state index is 10.7. The number of anilines is 1. The number of carbonyl (C=O) groups excluding carboxylic acids is 1. The summed E-state index contributed by atoms with van der Waals surface area (Å²) in [7, 11) is 0. The zero-order valence-electron chi connectivity index (χ0n) is 10.5. The molecule has 1 unspecified atom stereocenters. The smallest absolute Gasteiger partial charge is 0.185 e. The van der Waals surface area contributed by atoms with E-state index in [1.54, 1.807) is 6.20 Å². The highest BCUT2D eigenvalue weighted by Gasteiger charge is 2.29. The molecule has 5 heteroatoms. The van der Waals surface area contributed by atoms with E-state index >= 15 is 0 Å². The molecule has 0 radical (unpaired) electrons. The summed E-state index contributed by atoms with van der Waals surface area (Å²) in [6, 6.07) is 0.689. The fraction of sp³-hybridized carbons (Fsp3) is 0.692. The average molecular weight is 265 g/mol. The van der Waals surface area contributed by atoms with E-state index in [-0.39, 0.29) is 0 Å². The minimum absolute atomic E-state index is 0.689. The summed E-state index contributed by atoms with van der Waals surface area (Å²) in [5, 5.41) is 1.01. The third kappa shape index (κ3) is 2.42. The molecule has 0 aliphatic carbocycles. The fourth-order valence-corrected chi connectivity index (χ4v) is 3.74. The molecule has 0 N–H and O–H groups in total. The van der Waals surface area contributed by atoms with Gasteiger partial charge >= 0.3 is 0 Å². The minimum Gasteiger partial charge on any atom is -0.346 e. The second kappa shape index (κ2) is 5.36. The van der Waals surface area contributed by atoms with Crippen LogP contribution in [-0.4, -0.2) is 48.4 Å². The third-order valence-electron chi connectivity index (χ3n) is 3.97. The quantitative estimate of drug-likeness (QED) is 0.784. The molecule has 3 heterocycles. The lowest BCUT2D eigenvalue weighted by Crippen LogP contribution is -2.40. The zero-order chi connectivity index (χ0) is 12.4. The van der Waals surface area contributed by atoms with E-state index in [1.807, 2.05) is 0 Å². The summed E-state index contributed by atoms with van der Waals surface area (Å²) in [5.41, 5.74) is 0. The Hall–Kier alpha value is -0.940. The first-order valence-electron chi connectivity index (χ1n) is 6.77. The van der Waals surface area contributed by atoms with Gasteiger partial charge in [-0.25, -0.2) is 4.98 Å². The van der Waals surface area contributed by atoms with Crippen LogP contribution < -0.4 is 4.90 Å². The van der Waals surface area contributed by atoms with Crippen LogP contribution in [0.3, 0.4) is 0 Å². The SMILES string of the molecule is O=Cc1cnc(N2CCC(N3CCCCC3)C2)s1. The van der Waals surface area contributed by atoms with Crippen LogP contribution >= 0.6 is 11.3 Å². The third-order valence-corrected chi connectivity index (χ3v) is 4.95. The summed E-state index contributed by atoms with van der Waals surface area (Å²) in [6.07, 6.45) is 7.89. The lowest BCUT2D eigenvalue weighted by molar-refractivity contribution is 0.112. The van der Waals surface area contributed by atoms with Gasteiger partial charge in [0.05, 0.1) is 11.1 Å². The number of aromatic nitrogens is 1. The normalized spacial score (nSPS) is 25.6. The molecular weight excluding hydrogens is 246 g/mol. The highest BCUT2D eigenvalue weighted by molar-refractivity contribution is 7.17. The van der Waals surface area contributed by atoms with Gasteiger partial charge in [-0.1, -0.05) is 17.8 Å². The molecule has 0 aromatic carbocycles. The molecule has 98 valence electrons. The van der Waals surface area contributed by atoms with E-state index in [4.69, 9.17) is 0 Å². The van der Waals surface area contributed by atoms with Gasteiger partial charge in [0.1, 0.15) is 0 Å². The van der Waals surface area contributed by atoms with Gasteiger partial charge in [-0.2, -0.15) is 0 Å². The topological polar surface area (TPSA) is 36.4 Å². The first-order chi connectivity index (χ1) is 8.86. The molecule has 1 atom stereocenters. The van der Waals surface area contributed by atoms with Crippen LogP contribution in [-0.2, 0) is 0 Å². The molecule has 1 aromatic rings. The standard InChI is InChI=1S/C13H19N3OS/c17-10-12-8-14-13(18-12)16-7-4-11(9-16)15-5-2-1-3-6-15/h8,10-11H,1-7,9H2. The Morgan fingerprint density at radius 1 is 1.28 bits per heavy atom. The Kier molecular flexibility index (Phi) is 3.61. The Labute approximate surface area is 112 Å². The summed E-state index contributed by atoms with van der Waals surface area (Å²) < 4.78 is 0. The highest BCUT2D eigenvalue weighted by Crippen LogP contribution is 2.27. The van der Waals surface area contributed by atoms with Crippen molar-refractivity contribution in [1.29, 1.82) is 0 Å². The van der Waals surface area contributed by atoms with Crippen LogP contribution in [0.25, 0.3) is 0 Å². The van der Waals surface area contributed by atoms with Crippen molar-refractivity contribution in [2.24, 2.45) is 0 Å². The lowest BCUT2D eigenvalue weighted by atomic mass is 10.1. The summed E-state index contributed by atoms with van der Waals surface area (Å²) in [5.74, 6) is 0. The molecule has 0 spiro atoms. The second-order valence-electron chi connectivity index (χ2n) is 5.15. The highest BCUT2D eigenvalue weighted by atomic mass is 32.1. The predicted molar refractivity (Wildman–Crippen MR) is 73.5 cm³/mol. The van der Waals surface area contributed by atoms with Crippen LogP contribution in [0.5, 0.6) is 0 Å². The number of piperidine rings is 1. The molecule has 4 nitrogen and oxygen atoms in total. The maximum atomic E-state index is 10.7. The first-order valence-corrected chi connectivity index (χ1v) is 7.58. The van der Waals surface area contributed by atoms with Crippen molar-refractivity contribution in [3.05, 3.63) is 11.1 Å². The average Bonchev–Trinajstić information content (AvgIpc) is 3.08. The zero-order valence-corrected chi connectivity index (χ0v) is 11.4. The van der Waals surface area contributed by atoms with Crippen molar-refractivity contribution in [3.8, 4) is 0 Å². The van der Waals surface area contributed by atoms with Crippen LogP contribution in [0.15, 0.2) is 6.20 Å². The molecule has 2 saturated heterocycles. The molecule has 2 fully saturated rings. The molecule has 1 aromatic heterocycles. The van der Waals surface area contributed by atoms with Crippen molar-refractivity contribution < 1.29 is 4.79 Å². The van der Waals surface area contributed by atoms with Crippen molar-refractivity contribution >= 4 is 22.8 Å². The van der Waals surface area contributed by atoms with Crippen molar-refractivity contribution in [1.82, 2.24) is 9.88 Å². The van der Waals surface area contributed by atoms with Gasteiger partial charge < -0.3 is 4.90 Å². The first kappa shape index (κ1) is 12.1. The van der Waals surface area contributed by atoms with Gasteiger partial charge in [0, 0.05) is 19.1 Å². The lowest BCUT2D eigenvalue weighted by Gasteiger charge is -2.32. The summed E-state index contributed by atoms with van der Waals surface area (Å²) >= 11 is 1.51. The fourth-order valence-electron chi connectivity index (χ4n) is 2.97. The number of hydrogen-bond acceptors (Lipinski definition) is 5. The minimum atomic E-state index is 0.689. The van der Waals surface area contributed by atoms with Crippen molar-refractivity contribution in [2.45, 2.75) is 31.7 Å². The van der Waals surface area contributed by atoms with E-state index in [1.165, 1.54) is 50.1 Å². The number of nitrogens with zero attached hydrogens (tertiary/aromatic N) is 3. The number of hydrogen-bond donors (Lipinski definition) is 0. The summed E-state index contributed by atoms with van der Waals surface area (Å²) in [4.78, 5) is 20.7. The summed E-state index contributed by atoms with van der Waals surface area (Å²) in [6.45, 7) is 4.67. The number of rotatable bonds is 3. The number of carbonyl (C=O) groups is 1. The number of thiazole rings is 1.